The van der Waals surface area contributed by atoms with Gasteiger partial charge in [-0.15, -0.1) is 0 Å². The summed E-state index contributed by atoms with van der Waals surface area (Å²) >= 11 is 0. The highest BCUT2D eigenvalue weighted by Crippen LogP contribution is 2.40. The molecule has 36 heavy (non-hydrogen) atoms. The summed E-state index contributed by atoms with van der Waals surface area (Å²) in [5.41, 5.74) is -0.202. The first-order valence-corrected chi connectivity index (χ1v) is 14.1. The molecule has 0 saturated carbocycles. The lowest BCUT2D eigenvalue weighted by Crippen LogP contribution is -2.11. The Labute approximate surface area is 203 Å². The summed E-state index contributed by atoms with van der Waals surface area (Å²) in [6.45, 7) is 0. The highest BCUT2D eigenvalue weighted by molar-refractivity contribution is 8.01. The van der Waals surface area contributed by atoms with Gasteiger partial charge in [0, 0.05) is 22.1 Å². The van der Waals surface area contributed by atoms with Crippen LogP contribution < -0.4 is 0 Å². The summed E-state index contributed by atoms with van der Waals surface area (Å²) in [6.07, 6.45) is 2.48. The molecule has 0 radical (unpaired) electrons. The van der Waals surface area contributed by atoms with Crippen LogP contribution in [0.25, 0.3) is 44.0 Å². The standard InChI is InChI=1S/C20H14N4O9S3/c25-34(26,27)18-15-6-5-13(23-15)8-12-2-1-10(21-12)7-11-3-4-14(22-11)9-16-19(35(28,29)30)20(17(18)24-16)36(31,32)33/h1-9,21-22H,(H,25,26,27)(H,28,29,30)(H,31,32,33). The second kappa shape index (κ2) is 7.92. The van der Waals surface area contributed by atoms with E-state index in [0.717, 1.165) is 12.1 Å². The molecule has 13 nitrogen and oxygen atoms in total. The van der Waals surface area contributed by atoms with Gasteiger partial charge in [0.1, 0.15) is 20.4 Å². The van der Waals surface area contributed by atoms with Crippen LogP contribution in [0, 0.1) is 0 Å². The number of rotatable bonds is 3. The van der Waals surface area contributed by atoms with Crippen molar-refractivity contribution >= 4 is 74.4 Å². The first kappa shape index (κ1) is 24.0. The summed E-state index contributed by atoms with van der Waals surface area (Å²) in [6, 6.07) is 10.8. The Hall–Kier alpha value is -3.67. The average molecular weight is 551 g/mol. The molecule has 3 aromatic rings. The van der Waals surface area contributed by atoms with Crippen LogP contribution in [0.15, 0.2) is 47.4 Å². The molecule has 0 fully saturated rings. The third-order valence-corrected chi connectivity index (χ3v) is 8.03. The molecule has 2 aliphatic rings. The molecule has 2 aliphatic heterocycles. The number of hydrogen-bond acceptors (Lipinski definition) is 8. The quantitative estimate of drug-likeness (QED) is 0.233. The van der Waals surface area contributed by atoms with E-state index in [1.165, 1.54) is 18.2 Å². The van der Waals surface area contributed by atoms with Crippen molar-refractivity contribution in [3.63, 3.8) is 0 Å². The molecular weight excluding hydrogens is 536 g/mol. The van der Waals surface area contributed by atoms with Crippen molar-refractivity contribution in [1.29, 1.82) is 0 Å². The molecule has 5 heterocycles. The van der Waals surface area contributed by atoms with Gasteiger partial charge in [0.05, 0.1) is 17.1 Å². The molecule has 186 valence electrons. The maximum Gasteiger partial charge on any atom is 0.298 e. The van der Waals surface area contributed by atoms with Crippen molar-refractivity contribution in [1.82, 2.24) is 19.9 Å². The van der Waals surface area contributed by atoms with Gasteiger partial charge < -0.3 is 9.97 Å². The normalized spacial score (nSPS) is 14.4. The highest BCUT2D eigenvalue weighted by atomic mass is 32.2. The van der Waals surface area contributed by atoms with Gasteiger partial charge in [-0.3, -0.25) is 13.7 Å². The minimum absolute atomic E-state index is 0.185. The molecule has 3 aromatic heterocycles. The minimum atomic E-state index is -5.53. The fourth-order valence-electron chi connectivity index (χ4n) is 3.82. The molecule has 8 bridgehead atoms. The van der Waals surface area contributed by atoms with Gasteiger partial charge in [0.2, 0.25) is 0 Å². The van der Waals surface area contributed by atoms with Gasteiger partial charge in [0.25, 0.3) is 30.4 Å². The molecule has 0 amide bonds. The SMILES string of the molecule is O=S(=O)(O)C1=C(S(=O)(=O)O)c2nc1cc1ccc(cc3ccc(cc4nc(c2S(=O)(=O)O)C=C4)[nH]3)[nH]1. The van der Waals surface area contributed by atoms with Gasteiger partial charge in [-0.1, -0.05) is 0 Å². The zero-order valence-corrected chi connectivity index (χ0v) is 20.1. The lowest BCUT2D eigenvalue weighted by atomic mass is 10.3. The molecule has 5 N–H and O–H groups in total. The van der Waals surface area contributed by atoms with Crippen molar-refractivity contribution in [2.75, 3.05) is 0 Å². The number of nitrogens with one attached hydrogen (secondary N) is 2. The Balaban J connectivity index is 2.09. The van der Waals surface area contributed by atoms with E-state index in [2.05, 4.69) is 19.9 Å². The van der Waals surface area contributed by atoms with Crippen LogP contribution in [0.5, 0.6) is 0 Å². The molecule has 0 aromatic carbocycles. The van der Waals surface area contributed by atoms with Gasteiger partial charge in [-0.25, -0.2) is 9.97 Å². The summed E-state index contributed by atoms with van der Waals surface area (Å²) in [5.74, 6) is 0. The van der Waals surface area contributed by atoms with Crippen LogP contribution in [0.1, 0.15) is 22.8 Å². The Morgan fingerprint density at radius 2 is 1.14 bits per heavy atom. The van der Waals surface area contributed by atoms with Crippen LogP contribution in [0.2, 0.25) is 0 Å². The third kappa shape index (κ3) is 4.36. The molecule has 5 rings (SSSR count). The van der Waals surface area contributed by atoms with Crippen LogP contribution >= 0.6 is 0 Å². The maximum absolute atomic E-state index is 12.4. The van der Waals surface area contributed by atoms with Gasteiger partial charge >= 0.3 is 0 Å². The monoisotopic (exact) mass is 550 g/mol. The lowest BCUT2D eigenvalue weighted by Gasteiger charge is -2.05. The van der Waals surface area contributed by atoms with Crippen molar-refractivity contribution in [3.05, 3.63) is 65.2 Å². The number of fused-ring (bicyclic) bond motifs is 8. The zero-order valence-electron chi connectivity index (χ0n) is 17.6. The fourth-order valence-corrected chi connectivity index (χ4v) is 6.71. The molecule has 0 atom stereocenters. The van der Waals surface area contributed by atoms with E-state index in [0.29, 0.717) is 16.6 Å². The maximum atomic E-state index is 12.4. The van der Waals surface area contributed by atoms with Crippen molar-refractivity contribution in [2.45, 2.75) is 4.90 Å². The van der Waals surface area contributed by atoms with Crippen molar-refractivity contribution in [2.24, 2.45) is 0 Å². The zero-order chi connectivity index (χ0) is 26.0. The summed E-state index contributed by atoms with van der Waals surface area (Å²) < 4.78 is 103. The summed E-state index contributed by atoms with van der Waals surface area (Å²) in [5, 5.41) is 0. The average Bonchev–Trinajstić information content (AvgIpc) is 3.49. The second-order valence-corrected chi connectivity index (χ2v) is 11.8. The molecule has 0 unspecified atom stereocenters. The molecule has 16 heteroatoms. The molecule has 0 saturated heterocycles. The van der Waals surface area contributed by atoms with Crippen molar-refractivity contribution in [3.8, 4) is 0 Å². The fraction of sp³-hybridized carbons (Fsp3) is 0. The first-order valence-electron chi connectivity index (χ1n) is 9.77. The number of aromatic nitrogens is 4. The van der Waals surface area contributed by atoms with E-state index in [-0.39, 0.29) is 11.2 Å². The van der Waals surface area contributed by atoms with Crippen LogP contribution in [0.3, 0.4) is 0 Å². The Morgan fingerprint density at radius 1 is 0.611 bits per heavy atom. The second-order valence-electron chi connectivity index (χ2n) is 7.68. The van der Waals surface area contributed by atoms with Gasteiger partial charge in [-0.05, 0) is 54.6 Å². The van der Waals surface area contributed by atoms with Crippen LogP contribution in [-0.4, -0.2) is 58.8 Å². The molecule has 0 aliphatic carbocycles. The predicted molar refractivity (Wildman–Crippen MR) is 130 cm³/mol. The molecule has 0 spiro atoms. The number of H-pyrrole nitrogens is 2. The van der Waals surface area contributed by atoms with E-state index >= 15 is 0 Å². The minimum Gasteiger partial charge on any atom is -0.355 e. The van der Waals surface area contributed by atoms with Crippen LogP contribution in [0.4, 0.5) is 0 Å². The largest absolute Gasteiger partial charge is 0.355 e. The smallest absolute Gasteiger partial charge is 0.298 e. The number of hydrogen-bond donors (Lipinski definition) is 5. The van der Waals surface area contributed by atoms with E-state index in [4.69, 9.17) is 0 Å². The number of aromatic amines is 2. The van der Waals surface area contributed by atoms with Gasteiger partial charge in [0.15, 0.2) is 0 Å². The van der Waals surface area contributed by atoms with Crippen molar-refractivity contribution < 1.29 is 38.9 Å². The van der Waals surface area contributed by atoms with E-state index in [9.17, 15) is 38.9 Å². The first-order chi connectivity index (χ1) is 16.7. The Bertz CT molecular complexity index is 2020. The number of nitrogens with zero attached hydrogens (tertiary/aromatic N) is 2. The Morgan fingerprint density at radius 3 is 1.67 bits per heavy atom. The van der Waals surface area contributed by atoms with Gasteiger partial charge in [-0.2, -0.15) is 25.3 Å². The summed E-state index contributed by atoms with van der Waals surface area (Å²) in [7, 11) is -16.3. The Kier molecular flexibility index (Phi) is 5.29. The van der Waals surface area contributed by atoms with E-state index in [1.54, 1.807) is 24.3 Å². The summed E-state index contributed by atoms with van der Waals surface area (Å²) in [4.78, 5) is 9.79. The van der Waals surface area contributed by atoms with Crippen LogP contribution in [-0.2, 0) is 30.4 Å². The predicted octanol–water partition coefficient (Wildman–Crippen LogP) is 2.33. The topological polar surface area (TPSA) is 220 Å². The molecular formula is C20H14N4O9S3. The third-order valence-electron chi connectivity index (χ3n) is 5.14. The van der Waals surface area contributed by atoms with E-state index < -0.39 is 62.1 Å². The highest BCUT2D eigenvalue weighted by Gasteiger charge is 2.40. The lowest BCUT2D eigenvalue weighted by molar-refractivity contribution is 0.481. The van der Waals surface area contributed by atoms with E-state index in [1.807, 2.05) is 0 Å².